The van der Waals surface area contributed by atoms with Crippen LogP contribution in [0.3, 0.4) is 0 Å². The van der Waals surface area contributed by atoms with E-state index in [0.29, 0.717) is 17.9 Å². The van der Waals surface area contributed by atoms with Gasteiger partial charge in [0.2, 0.25) is 0 Å². The molecule has 4 unspecified atom stereocenters. The van der Waals surface area contributed by atoms with Crippen molar-refractivity contribution in [2.45, 2.75) is 38.6 Å². The van der Waals surface area contributed by atoms with E-state index in [1.165, 1.54) is 12.8 Å². The van der Waals surface area contributed by atoms with Crippen molar-refractivity contribution in [3.8, 4) is 0 Å². The molecule has 0 aromatic rings. The van der Waals surface area contributed by atoms with E-state index in [9.17, 15) is 9.90 Å². The van der Waals surface area contributed by atoms with Gasteiger partial charge >= 0.3 is 5.97 Å². The molecular weight excluding hydrogens is 190 g/mol. The van der Waals surface area contributed by atoms with Crippen LogP contribution in [0.4, 0.5) is 0 Å². The van der Waals surface area contributed by atoms with Crippen molar-refractivity contribution in [1.82, 2.24) is 4.90 Å². The molecule has 86 valence electrons. The maximum Gasteiger partial charge on any atom is 0.306 e. The zero-order valence-electron chi connectivity index (χ0n) is 9.65. The highest BCUT2D eigenvalue weighted by Crippen LogP contribution is 2.40. The molecule has 3 heteroatoms. The number of nitrogens with zero attached hydrogens (tertiary/aromatic N) is 1. The Morgan fingerprint density at radius 3 is 2.73 bits per heavy atom. The Kier molecular flexibility index (Phi) is 3.01. The molecule has 0 aromatic carbocycles. The first-order chi connectivity index (χ1) is 7.09. The summed E-state index contributed by atoms with van der Waals surface area (Å²) in [6.07, 6.45) is 4.38. The minimum atomic E-state index is -0.577. The van der Waals surface area contributed by atoms with Crippen LogP contribution in [-0.2, 0) is 4.79 Å². The van der Waals surface area contributed by atoms with Gasteiger partial charge in [-0.25, -0.2) is 0 Å². The Morgan fingerprint density at radius 1 is 1.33 bits per heavy atom. The van der Waals surface area contributed by atoms with Crippen molar-refractivity contribution in [3.05, 3.63) is 0 Å². The highest BCUT2D eigenvalue weighted by Gasteiger charge is 2.42. The van der Waals surface area contributed by atoms with E-state index in [1.54, 1.807) is 0 Å². The highest BCUT2D eigenvalue weighted by molar-refractivity contribution is 5.70. The van der Waals surface area contributed by atoms with Gasteiger partial charge in [0.05, 0.1) is 5.92 Å². The molecule has 4 atom stereocenters. The van der Waals surface area contributed by atoms with Gasteiger partial charge in [0, 0.05) is 6.04 Å². The molecule has 1 saturated carbocycles. The molecule has 2 fully saturated rings. The second-order valence-corrected chi connectivity index (χ2v) is 5.36. The van der Waals surface area contributed by atoms with Crippen LogP contribution >= 0.6 is 0 Å². The lowest BCUT2D eigenvalue weighted by atomic mass is 9.69. The summed E-state index contributed by atoms with van der Waals surface area (Å²) in [6.45, 7) is 3.20. The number of hydrogen-bond acceptors (Lipinski definition) is 2. The van der Waals surface area contributed by atoms with E-state index in [4.69, 9.17) is 0 Å². The largest absolute Gasteiger partial charge is 0.481 e. The zero-order valence-corrected chi connectivity index (χ0v) is 9.65. The van der Waals surface area contributed by atoms with Crippen LogP contribution in [0.25, 0.3) is 0 Å². The van der Waals surface area contributed by atoms with E-state index >= 15 is 0 Å². The molecule has 1 aliphatic heterocycles. The molecule has 1 saturated heterocycles. The summed E-state index contributed by atoms with van der Waals surface area (Å²) in [6, 6.07) is 0.524. The number of likely N-dealkylation sites (tertiary alicyclic amines) is 1. The molecule has 2 rings (SSSR count). The number of carboxylic acids is 1. The van der Waals surface area contributed by atoms with E-state index < -0.39 is 5.97 Å². The van der Waals surface area contributed by atoms with Crippen molar-refractivity contribution in [1.29, 1.82) is 0 Å². The summed E-state index contributed by atoms with van der Waals surface area (Å²) in [4.78, 5) is 13.6. The number of rotatable bonds is 1. The minimum absolute atomic E-state index is 0.0889. The third kappa shape index (κ3) is 2.03. The smallest absolute Gasteiger partial charge is 0.306 e. The Bertz CT molecular complexity index is 254. The van der Waals surface area contributed by atoms with E-state index in [0.717, 1.165) is 19.4 Å². The predicted octanol–water partition coefficient (Wildman–Crippen LogP) is 1.83. The molecule has 1 heterocycles. The van der Waals surface area contributed by atoms with Crippen LogP contribution in [0.5, 0.6) is 0 Å². The van der Waals surface area contributed by atoms with Crippen molar-refractivity contribution < 1.29 is 9.90 Å². The van der Waals surface area contributed by atoms with E-state index in [1.807, 2.05) is 0 Å². The standard InChI is InChI=1S/C12H21NO2/c1-8-3-4-11-10(7-8)9(12(14)15)5-6-13(11)2/h8-11H,3-7H2,1-2H3,(H,14,15). The van der Waals surface area contributed by atoms with Crippen LogP contribution in [0.15, 0.2) is 0 Å². The Hall–Kier alpha value is -0.570. The summed E-state index contributed by atoms with van der Waals surface area (Å²) in [5, 5.41) is 9.23. The van der Waals surface area contributed by atoms with E-state index in [2.05, 4.69) is 18.9 Å². The van der Waals surface area contributed by atoms with Gasteiger partial charge in [-0.2, -0.15) is 0 Å². The molecule has 0 spiro atoms. The second-order valence-electron chi connectivity index (χ2n) is 5.36. The topological polar surface area (TPSA) is 40.5 Å². The maximum absolute atomic E-state index is 11.2. The van der Waals surface area contributed by atoms with Crippen molar-refractivity contribution in [3.63, 3.8) is 0 Å². The average molecular weight is 211 g/mol. The molecule has 0 bridgehead atoms. The SMILES string of the molecule is CC1CCC2C(C1)C(C(=O)O)CCN2C. The monoisotopic (exact) mass is 211 g/mol. The first-order valence-electron chi connectivity index (χ1n) is 6.02. The lowest BCUT2D eigenvalue weighted by molar-refractivity contribution is -0.148. The third-order valence-corrected chi connectivity index (χ3v) is 4.32. The Balaban J connectivity index is 2.14. The summed E-state index contributed by atoms with van der Waals surface area (Å²) in [7, 11) is 2.14. The summed E-state index contributed by atoms with van der Waals surface area (Å²) in [5.41, 5.74) is 0. The van der Waals surface area contributed by atoms with Gasteiger partial charge in [-0.15, -0.1) is 0 Å². The molecule has 2 aliphatic rings. The number of carbonyl (C=O) groups is 1. The average Bonchev–Trinajstić information content (AvgIpc) is 2.17. The molecule has 0 radical (unpaired) electrons. The number of carboxylic acid groups (broad SMARTS) is 1. The van der Waals surface area contributed by atoms with Crippen LogP contribution in [0.1, 0.15) is 32.6 Å². The number of fused-ring (bicyclic) bond motifs is 1. The highest BCUT2D eigenvalue weighted by atomic mass is 16.4. The van der Waals surface area contributed by atoms with Gasteiger partial charge in [0.15, 0.2) is 0 Å². The fourth-order valence-electron chi connectivity index (χ4n) is 3.42. The number of aliphatic carboxylic acids is 1. The first-order valence-corrected chi connectivity index (χ1v) is 6.02. The van der Waals surface area contributed by atoms with Crippen molar-refractivity contribution in [2.24, 2.45) is 17.8 Å². The number of hydrogen-bond donors (Lipinski definition) is 1. The Morgan fingerprint density at radius 2 is 2.07 bits per heavy atom. The summed E-state index contributed by atoms with van der Waals surface area (Å²) < 4.78 is 0. The predicted molar refractivity (Wildman–Crippen MR) is 58.7 cm³/mol. The van der Waals surface area contributed by atoms with Crippen LogP contribution in [0, 0.1) is 17.8 Å². The van der Waals surface area contributed by atoms with Crippen LogP contribution < -0.4 is 0 Å². The minimum Gasteiger partial charge on any atom is -0.481 e. The quantitative estimate of drug-likeness (QED) is 0.719. The Labute approximate surface area is 91.5 Å². The second kappa shape index (κ2) is 4.12. The van der Waals surface area contributed by atoms with Gasteiger partial charge in [-0.05, 0) is 51.1 Å². The first kappa shape index (κ1) is 10.9. The fourth-order valence-corrected chi connectivity index (χ4v) is 3.42. The molecule has 0 amide bonds. The van der Waals surface area contributed by atoms with Crippen LogP contribution in [0.2, 0.25) is 0 Å². The fraction of sp³-hybridized carbons (Fsp3) is 0.917. The van der Waals surface area contributed by atoms with E-state index in [-0.39, 0.29) is 5.92 Å². The lowest BCUT2D eigenvalue weighted by Crippen LogP contribution is -2.51. The van der Waals surface area contributed by atoms with Crippen molar-refractivity contribution in [2.75, 3.05) is 13.6 Å². The number of piperidine rings is 1. The van der Waals surface area contributed by atoms with Gasteiger partial charge in [0.25, 0.3) is 0 Å². The normalized spacial score (nSPS) is 42.3. The van der Waals surface area contributed by atoms with Crippen LogP contribution in [-0.4, -0.2) is 35.6 Å². The maximum atomic E-state index is 11.2. The third-order valence-electron chi connectivity index (χ3n) is 4.32. The zero-order chi connectivity index (χ0) is 11.0. The van der Waals surface area contributed by atoms with Gasteiger partial charge < -0.3 is 10.0 Å². The molecule has 15 heavy (non-hydrogen) atoms. The summed E-state index contributed by atoms with van der Waals surface area (Å²) in [5.74, 6) is 0.436. The molecule has 1 N–H and O–H groups in total. The van der Waals surface area contributed by atoms with Gasteiger partial charge in [-0.1, -0.05) is 6.92 Å². The lowest BCUT2D eigenvalue weighted by Gasteiger charge is -2.46. The molecule has 0 aromatic heterocycles. The van der Waals surface area contributed by atoms with Crippen molar-refractivity contribution >= 4 is 5.97 Å². The molecular formula is C12H21NO2. The van der Waals surface area contributed by atoms with Gasteiger partial charge in [-0.3, -0.25) is 4.79 Å². The molecule has 3 nitrogen and oxygen atoms in total. The van der Waals surface area contributed by atoms with Gasteiger partial charge in [0.1, 0.15) is 0 Å². The molecule has 1 aliphatic carbocycles. The summed E-state index contributed by atoms with van der Waals surface area (Å²) >= 11 is 0.